The highest BCUT2D eigenvalue weighted by atomic mass is 16.5. The molecular weight excluding hydrogens is 330 g/mol. The maximum atomic E-state index is 12.4. The van der Waals surface area contributed by atoms with Crippen molar-refractivity contribution in [3.05, 3.63) is 78.4 Å². The Morgan fingerprint density at radius 2 is 1.62 bits per heavy atom. The first-order valence-electron chi connectivity index (χ1n) is 8.26. The third kappa shape index (κ3) is 4.57. The zero-order valence-corrected chi connectivity index (χ0v) is 14.4. The SMILES string of the molecule is CCOc1cc(C(=O)Nc2ccncc2)ccc1OCc1ccncc1. The van der Waals surface area contributed by atoms with E-state index < -0.39 is 0 Å². The fourth-order valence-electron chi connectivity index (χ4n) is 2.32. The lowest BCUT2D eigenvalue weighted by Crippen LogP contribution is -2.12. The molecule has 0 aliphatic carbocycles. The molecule has 0 aliphatic heterocycles. The van der Waals surface area contributed by atoms with Gasteiger partial charge in [0, 0.05) is 36.0 Å². The number of carbonyl (C=O) groups is 1. The van der Waals surface area contributed by atoms with Crippen molar-refractivity contribution < 1.29 is 14.3 Å². The van der Waals surface area contributed by atoms with Crippen LogP contribution >= 0.6 is 0 Å². The number of nitrogens with one attached hydrogen (secondary N) is 1. The first-order valence-corrected chi connectivity index (χ1v) is 8.26. The van der Waals surface area contributed by atoms with Crippen molar-refractivity contribution in [2.75, 3.05) is 11.9 Å². The third-order valence-corrected chi connectivity index (χ3v) is 3.59. The monoisotopic (exact) mass is 349 g/mol. The van der Waals surface area contributed by atoms with Crippen LogP contribution in [0.4, 0.5) is 5.69 Å². The Hall–Kier alpha value is -3.41. The fraction of sp³-hybridized carbons (Fsp3) is 0.150. The van der Waals surface area contributed by atoms with Crippen LogP contribution in [0.1, 0.15) is 22.8 Å². The molecule has 6 nitrogen and oxygen atoms in total. The molecule has 1 N–H and O–H groups in total. The van der Waals surface area contributed by atoms with Gasteiger partial charge in [0.2, 0.25) is 0 Å². The number of hydrogen-bond acceptors (Lipinski definition) is 5. The number of benzene rings is 1. The number of aromatic nitrogens is 2. The van der Waals surface area contributed by atoms with E-state index in [4.69, 9.17) is 9.47 Å². The molecule has 1 amide bonds. The van der Waals surface area contributed by atoms with Crippen LogP contribution in [0.3, 0.4) is 0 Å². The number of amides is 1. The van der Waals surface area contributed by atoms with Crippen LogP contribution in [0, 0.1) is 0 Å². The zero-order valence-electron chi connectivity index (χ0n) is 14.4. The van der Waals surface area contributed by atoms with E-state index in [1.54, 1.807) is 55.1 Å². The Morgan fingerprint density at radius 3 is 2.31 bits per heavy atom. The molecule has 0 radical (unpaired) electrons. The Bertz CT molecular complexity index is 855. The van der Waals surface area contributed by atoms with Crippen LogP contribution < -0.4 is 14.8 Å². The summed E-state index contributed by atoms with van der Waals surface area (Å²) in [4.78, 5) is 20.3. The van der Waals surface area contributed by atoms with Crippen LogP contribution in [0.5, 0.6) is 11.5 Å². The van der Waals surface area contributed by atoms with Gasteiger partial charge in [0.25, 0.3) is 5.91 Å². The molecule has 1 aromatic carbocycles. The Balaban J connectivity index is 1.74. The number of rotatable bonds is 7. The van der Waals surface area contributed by atoms with Gasteiger partial charge in [-0.15, -0.1) is 0 Å². The Kier molecular flexibility index (Phi) is 5.77. The number of carbonyl (C=O) groups excluding carboxylic acids is 1. The van der Waals surface area contributed by atoms with E-state index in [9.17, 15) is 4.79 Å². The predicted molar refractivity (Wildman–Crippen MR) is 98.4 cm³/mol. The number of hydrogen-bond donors (Lipinski definition) is 1. The molecule has 132 valence electrons. The molecule has 0 aliphatic rings. The van der Waals surface area contributed by atoms with Crippen LogP contribution in [0.25, 0.3) is 0 Å². The molecule has 0 saturated carbocycles. The van der Waals surface area contributed by atoms with E-state index in [1.165, 1.54) is 0 Å². The van der Waals surface area contributed by atoms with Gasteiger partial charge in [-0.05, 0) is 55.0 Å². The van der Waals surface area contributed by atoms with Crippen LogP contribution in [0.2, 0.25) is 0 Å². The van der Waals surface area contributed by atoms with Crippen molar-refractivity contribution in [2.45, 2.75) is 13.5 Å². The summed E-state index contributed by atoms with van der Waals surface area (Å²) in [7, 11) is 0. The molecule has 3 aromatic rings. The lowest BCUT2D eigenvalue weighted by atomic mass is 10.2. The summed E-state index contributed by atoms with van der Waals surface area (Å²) in [6.07, 6.45) is 6.68. The summed E-state index contributed by atoms with van der Waals surface area (Å²) in [6.45, 7) is 2.75. The van der Waals surface area contributed by atoms with E-state index in [-0.39, 0.29) is 5.91 Å². The van der Waals surface area contributed by atoms with E-state index >= 15 is 0 Å². The highest BCUT2D eigenvalue weighted by Crippen LogP contribution is 2.29. The van der Waals surface area contributed by atoms with Crippen LogP contribution in [0.15, 0.2) is 67.3 Å². The van der Waals surface area contributed by atoms with Gasteiger partial charge in [0.05, 0.1) is 6.61 Å². The Labute approximate surface area is 151 Å². The van der Waals surface area contributed by atoms with Gasteiger partial charge >= 0.3 is 0 Å². The summed E-state index contributed by atoms with van der Waals surface area (Å²) in [5.41, 5.74) is 2.17. The van der Waals surface area contributed by atoms with Gasteiger partial charge in [0.15, 0.2) is 11.5 Å². The predicted octanol–water partition coefficient (Wildman–Crippen LogP) is 3.71. The molecule has 0 unspecified atom stereocenters. The molecule has 6 heteroatoms. The van der Waals surface area contributed by atoms with E-state index in [2.05, 4.69) is 15.3 Å². The maximum absolute atomic E-state index is 12.4. The fourth-order valence-corrected chi connectivity index (χ4v) is 2.32. The van der Waals surface area contributed by atoms with Crippen molar-refractivity contribution >= 4 is 11.6 Å². The van der Waals surface area contributed by atoms with E-state index in [1.807, 2.05) is 19.1 Å². The van der Waals surface area contributed by atoms with Gasteiger partial charge in [-0.2, -0.15) is 0 Å². The quantitative estimate of drug-likeness (QED) is 0.704. The molecule has 3 rings (SSSR count). The largest absolute Gasteiger partial charge is 0.490 e. The molecule has 2 heterocycles. The van der Waals surface area contributed by atoms with Crippen molar-refractivity contribution in [1.29, 1.82) is 0 Å². The van der Waals surface area contributed by atoms with Crippen molar-refractivity contribution in [1.82, 2.24) is 9.97 Å². The smallest absolute Gasteiger partial charge is 0.255 e. The third-order valence-electron chi connectivity index (χ3n) is 3.59. The first kappa shape index (κ1) is 17.4. The minimum atomic E-state index is -0.224. The molecule has 0 bridgehead atoms. The lowest BCUT2D eigenvalue weighted by molar-refractivity contribution is 0.102. The molecule has 2 aromatic heterocycles. The van der Waals surface area contributed by atoms with Crippen LogP contribution in [-0.2, 0) is 6.61 Å². The molecule has 0 saturated heterocycles. The van der Waals surface area contributed by atoms with Gasteiger partial charge in [-0.1, -0.05) is 0 Å². The first-order chi connectivity index (χ1) is 12.8. The number of nitrogens with zero attached hydrogens (tertiary/aromatic N) is 2. The number of anilines is 1. The van der Waals surface area contributed by atoms with Gasteiger partial charge < -0.3 is 14.8 Å². The highest BCUT2D eigenvalue weighted by molar-refractivity contribution is 6.04. The van der Waals surface area contributed by atoms with Gasteiger partial charge in [-0.25, -0.2) is 0 Å². The maximum Gasteiger partial charge on any atom is 0.255 e. The topological polar surface area (TPSA) is 73.3 Å². The van der Waals surface area contributed by atoms with Crippen LogP contribution in [-0.4, -0.2) is 22.5 Å². The number of ether oxygens (including phenoxy) is 2. The van der Waals surface area contributed by atoms with Gasteiger partial charge in [0.1, 0.15) is 6.61 Å². The summed E-state index contributed by atoms with van der Waals surface area (Å²) < 4.78 is 11.5. The minimum absolute atomic E-state index is 0.224. The zero-order chi connectivity index (χ0) is 18.2. The lowest BCUT2D eigenvalue weighted by Gasteiger charge is -2.13. The summed E-state index contributed by atoms with van der Waals surface area (Å²) in [5.74, 6) is 0.894. The second-order valence-electron chi connectivity index (χ2n) is 5.43. The Morgan fingerprint density at radius 1 is 0.923 bits per heavy atom. The second kappa shape index (κ2) is 8.62. The molecule has 0 spiro atoms. The average molecular weight is 349 g/mol. The van der Waals surface area contributed by atoms with E-state index in [0.717, 1.165) is 5.56 Å². The molecule has 0 atom stereocenters. The van der Waals surface area contributed by atoms with Crippen molar-refractivity contribution in [3.63, 3.8) is 0 Å². The average Bonchev–Trinajstić information content (AvgIpc) is 2.69. The molecular formula is C20H19N3O3. The summed E-state index contributed by atoms with van der Waals surface area (Å²) in [5, 5.41) is 2.82. The normalized spacial score (nSPS) is 10.2. The van der Waals surface area contributed by atoms with Crippen molar-refractivity contribution in [3.8, 4) is 11.5 Å². The highest BCUT2D eigenvalue weighted by Gasteiger charge is 2.12. The second-order valence-corrected chi connectivity index (χ2v) is 5.43. The minimum Gasteiger partial charge on any atom is -0.490 e. The number of pyridine rings is 2. The van der Waals surface area contributed by atoms with Crippen molar-refractivity contribution in [2.24, 2.45) is 0 Å². The molecule has 26 heavy (non-hydrogen) atoms. The van der Waals surface area contributed by atoms with Gasteiger partial charge in [-0.3, -0.25) is 14.8 Å². The molecule has 0 fully saturated rings. The van der Waals surface area contributed by atoms with E-state index in [0.29, 0.717) is 36.0 Å². The summed E-state index contributed by atoms with van der Waals surface area (Å²) >= 11 is 0. The summed E-state index contributed by atoms with van der Waals surface area (Å²) in [6, 6.07) is 12.4. The standard InChI is InChI=1S/C20H19N3O3/c1-2-25-19-13-16(20(24)23-17-7-11-22-12-8-17)3-4-18(19)26-14-15-5-9-21-10-6-15/h3-13H,2,14H2,1H3,(H,22,23,24).